The molecule has 1 N–H and O–H groups in total. The smallest absolute Gasteiger partial charge is 0.410 e. The molecule has 1 saturated carbocycles. The number of rotatable bonds is 15. The van der Waals surface area contributed by atoms with Crippen LogP contribution in [0, 0.1) is 29.6 Å². The van der Waals surface area contributed by atoms with Gasteiger partial charge >= 0.3 is 18.0 Å². The van der Waals surface area contributed by atoms with Crippen molar-refractivity contribution in [3.8, 4) is 0 Å². The van der Waals surface area contributed by atoms with Gasteiger partial charge in [-0.2, -0.15) is 0 Å². The number of hydrogen-bond donors (Lipinski definition) is 1. The van der Waals surface area contributed by atoms with E-state index in [0.29, 0.717) is 28.8 Å². The van der Waals surface area contributed by atoms with Crippen LogP contribution in [-0.4, -0.2) is 157 Å². The van der Waals surface area contributed by atoms with Gasteiger partial charge in [0.05, 0.1) is 63.7 Å². The van der Waals surface area contributed by atoms with Crippen molar-refractivity contribution in [1.29, 1.82) is 0 Å². The van der Waals surface area contributed by atoms with Gasteiger partial charge in [0.2, 0.25) is 0 Å². The summed E-state index contributed by atoms with van der Waals surface area (Å²) in [6.07, 6.45) is -4.96. The summed E-state index contributed by atoms with van der Waals surface area (Å²) >= 11 is 12.6. The van der Waals surface area contributed by atoms with Gasteiger partial charge in [-0.15, -0.1) is 0 Å². The number of amides is 1. The second-order valence-electron chi connectivity index (χ2n) is 21.8. The summed E-state index contributed by atoms with van der Waals surface area (Å²) in [5.41, 5.74) is -3.04. The van der Waals surface area contributed by atoms with Gasteiger partial charge in [0.1, 0.15) is 18.0 Å². The number of carbonyl (C=O) groups is 4. The monoisotopic (exact) mass is 1040 g/mol. The van der Waals surface area contributed by atoms with Crippen molar-refractivity contribution in [1.82, 2.24) is 9.80 Å². The topological polar surface area (TPSA) is 178 Å². The molecule has 4 aliphatic heterocycles. The summed E-state index contributed by atoms with van der Waals surface area (Å²) in [4.78, 5) is 61.5. The van der Waals surface area contributed by atoms with E-state index in [1.165, 1.54) is 14.0 Å². The van der Waals surface area contributed by atoms with E-state index in [1.807, 2.05) is 40.7 Å². The Morgan fingerprint density at radius 3 is 2.17 bits per heavy atom. The number of aliphatic hydroxyl groups is 1. The number of cyclic esters (lactones) is 1. The zero-order valence-electron chi connectivity index (χ0n) is 44.4. The average molecular weight is 1040 g/mol. The number of carbonyl (C=O) groups excluding carboxylic acids is 4. The molecule has 1 aliphatic carbocycles. The standard InChI is InChI=1S/C53H82Cl2N2O14/c1-15-40-53(12)45(57(50(62)71-53)22-21-35-19-20-37(54)38(55)24-35)30(5)42(59)28(3)25-52(11,64-14)47(70-49-44(67-34(9)58)39(23-29(4)65-49)56(16-2)27-36-17-18-36)31(6)43(32(7)48(61)68-40)69-41-26-51(10,63-13)46(60)33(8)66-41/h19-20,24,28-33,36,39-41,43-47,49,60H,15-18,21-23,25-27H2,1-14H3/t28-,29-,30+,31+,32-,33+,39?,40-,41?,43?,44?,45?,46?,47?,49?,51-,52+,53-/m1/s1. The van der Waals surface area contributed by atoms with Crippen LogP contribution >= 0.6 is 23.2 Å². The van der Waals surface area contributed by atoms with Gasteiger partial charge < -0.3 is 47.7 Å². The largest absolute Gasteiger partial charge is 0.458 e. The lowest BCUT2D eigenvalue weighted by Crippen LogP contribution is -2.62. The van der Waals surface area contributed by atoms with Gasteiger partial charge in [-0.25, -0.2) is 4.79 Å². The Kier molecular flexibility index (Phi) is 19.1. The number of hydrogen-bond acceptors (Lipinski definition) is 15. The van der Waals surface area contributed by atoms with Crippen LogP contribution in [0.5, 0.6) is 0 Å². The van der Waals surface area contributed by atoms with E-state index < -0.39 is 114 Å². The van der Waals surface area contributed by atoms with Crippen molar-refractivity contribution in [2.24, 2.45) is 29.6 Å². The molecule has 4 saturated heterocycles. The van der Waals surface area contributed by atoms with Crippen LogP contribution in [0.4, 0.5) is 4.79 Å². The molecule has 16 nitrogen and oxygen atoms in total. The zero-order valence-corrected chi connectivity index (χ0v) is 46.0. The molecule has 5 fully saturated rings. The quantitative estimate of drug-likeness (QED) is 0.131. The van der Waals surface area contributed by atoms with Gasteiger partial charge in [0, 0.05) is 58.4 Å². The minimum atomic E-state index is -1.47. The highest BCUT2D eigenvalue weighted by Crippen LogP contribution is 2.45. The molecule has 1 amide bonds. The molecule has 18 atom stereocenters. The van der Waals surface area contributed by atoms with Crippen LogP contribution in [0.3, 0.4) is 0 Å². The Morgan fingerprint density at radius 2 is 1.58 bits per heavy atom. The summed E-state index contributed by atoms with van der Waals surface area (Å²) in [7, 11) is 3.07. The summed E-state index contributed by atoms with van der Waals surface area (Å²) in [5, 5.41) is 12.0. The van der Waals surface area contributed by atoms with E-state index in [1.54, 1.807) is 58.8 Å². The Morgan fingerprint density at radius 1 is 0.901 bits per heavy atom. The minimum Gasteiger partial charge on any atom is -0.458 e. The molecular weight excluding hydrogens is 959 g/mol. The number of fused-ring (bicyclic) bond motifs is 1. The van der Waals surface area contributed by atoms with Crippen molar-refractivity contribution in [2.45, 2.75) is 212 Å². The number of Topliss-reactive ketones (excluding diaryl/α,β-unsaturated/α-hetero) is 1. The second-order valence-corrected chi connectivity index (χ2v) is 22.6. The number of methoxy groups -OCH3 is 2. The lowest BCUT2D eigenvalue weighted by Gasteiger charge is -2.50. The fraction of sp³-hybridized carbons (Fsp3) is 0.811. The summed E-state index contributed by atoms with van der Waals surface area (Å²) in [5.74, 6) is -4.08. The molecule has 71 heavy (non-hydrogen) atoms. The van der Waals surface area contributed by atoms with Crippen LogP contribution < -0.4 is 0 Å². The second kappa shape index (κ2) is 23.5. The number of ether oxygens (including phenoxy) is 9. The molecule has 1 aromatic rings. The first-order valence-electron chi connectivity index (χ1n) is 25.8. The number of halogens is 2. The van der Waals surface area contributed by atoms with Gasteiger partial charge in [0.15, 0.2) is 24.3 Å². The molecule has 4 heterocycles. The van der Waals surface area contributed by atoms with Crippen molar-refractivity contribution < 1.29 is 66.9 Å². The van der Waals surface area contributed by atoms with E-state index in [0.717, 1.165) is 31.5 Å². The predicted octanol–water partition coefficient (Wildman–Crippen LogP) is 8.20. The Hall–Kier alpha value is -2.64. The van der Waals surface area contributed by atoms with Crippen LogP contribution in [0.1, 0.15) is 127 Å². The van der Waals surface area contributed by atoms with Crippen molar-refractivity contribution in [3.05, 3.63) is 33.8 Å². The van der Waals surface area contributed by atoms with Crippen LogP contribution in [-0.2, 0) is 63.4 Å². The fourth-order valence-electron chi connectivity index (χ4n) is 12.1. The highest BCUT2D eigenvalue weighted by Gasteiger charge is 2.61. The van der Waals surface area contributed by atoms with Gasteiger partial charge in [0.25, 0.3) is 0 Å². The van der Waals surface area contributed by atoms with Crippen LogP contribution in [0.25, 0.3) is 0 Å². The third-order valence-electron chi connectivity index (χ3n) is 16.4. The SMILES string of the molecule is CC[C@H]1OC(=O)[C@H](C)C(OC2C[C@@](C)(OC)C(O)[C@H](C)O2)[C@H](C)C(OC2O[C@H](C)CC(N(CC)CC3CC3)C2OC(C)=O)[C@@](C)(OC)C[C@@H](C)C(=O)[C@H](C)C2N(CCc3ccc(Cl)c(Cl)c3)C(=O)O[C@@]21C. The number of ketones is 1. The highest BCUT2D eigenvalue weighted by molar-refractivity contribution is 6.42. The molecule has 0 aromatic heterocycles. The molecule has 0 radical (unpaired) electrons. The molecule has 1 aromatic carbocycles. The summed E-state index contributed by atoms with van der Waals surface area (Å²) in [6, 6.07) is 4.16. The maximum absolute atomic E-state index is 15.2. The van der Waals surface area contributed by atoms with Gasteiger partial charge in [-0.05, 0) is 110 Å². The number of likely N-dealkylation sites (N-methyl/N-ethyl adjacent to an activating group) is 1. The van der Waals surface area contributed by atoms with E-state index in [4.69, 9.17) is 65.8 Å². The maximum Gasteiger partial charge on any atom is 0.410 e. The van der Waals surface area contributed by atoms with Crippen molar-refractivity contribution >= 4 is 47.0 Å². The molecule has 18 heteroatoms. The van der Waals surface area contributed by atoms with E-state index in [2.05, 4.69) is 11.8 Å². The van der Waals surface area contributed by atoms with E-state index in [9.17, 15) is 14.7 Å². The molecule has 0 bridgehead atoms. The first-order chi connectivity index (χ1) is 33.3. The number of aliphatic hydroxyl groups excluding tert-OH is 1. The number of esters is 2. The minimum absolute atomic E-state index is 0.106. The normalized spacial score (nSPS) is 40.7. The zero-order chi connectivity index (χ0) is 52.5. The molecule has 402 valence electrons. The Balaban J connectivity index is 1.47. The van der Waals surface area contributed by atoms with E-state index >= 15 is 9.59 Å². The number of nitrogens with zero attached hydrogens (tertiary/aromatic N) is 2. The molecular formula is C53H82Cl2N2O14. The fourth-order valence-corrected chi connectivity index (χ4v) is 12.4. The van der Waals surface area contributed by atoms with Gasteiger partial charge in [-0.1, -0.05) is 63.9 Å². The van der Waals surface area contributed by atoms with Crippen molar-refractivity contribution in [2.75, 3.05) is 33.9 Å². The molecule has 5 aliphatic rings. The Bertz CT molecular complexity index is 2030. The maximum atomic E-state index is 15.2. The molecule has 6 rings (SSSR count). The lowest BCUT2D eigenvalue weighted by atomic mass is 9.73. The number of benzene rings is 1. The third-order valence-corrected chi connectivity index (χ3v) is 17.2. The highest BCUT2D eigenvalue weighted by atomic mass is 35.5. The Labute approximate surface area is 431 Å². The van der Waals surface area contributed by atoms with Crippen LogP contribution in [0.2, 0.25) is 10.0 Å². The molecule has 8 unspecified atom stereocenters. The first kappa shape index (κ1) is 57.6. The van der Waals surface area contributed by atoms with Crippen molar-refractivity contribution in [3.63, 3.8) is 0 Å². The summed E-state index contributed by atoms with van der Waals surface area (Å²) < 4.78 is 58.8. The summed E-state index contributed by atoms with van der Waals surface area (Å²) in [6.45, 7) is 23.4. The third kappa shape index (κ3) is 12.6. The predicted molar refractivity (Wildman–Crippen MR) is 266 cm³/mol. The first-order valence-corrected chi connectivity index (χ1v) is 26.6. The van der Waals surface area contributed by atoms with Gasteiger partial charge in [-0.3, -0.25) is 24.2 Å². The lowest BCUT2D eigenvalue weighted by molar-refractivity contribution is -0.320. The molecule has 0 spiro atoms. The van der Waals surface area contributed by atoms with Crippen LogP contribution in [0.15, 0.2) is 18.2 Å². The van der Waals surface area contributed by atoms with E-state index in [-0.39, 0.29) is 43.7 Å². The average Bonchev–Trinajstić information content (AvgIpc) is 4.11.